The fourth-order valence-electron chi connectivity index (χ4n) is 6.83. The predicted octanol–water partition coefficient (Wildman–Crippen LogP) is 4.68. The second-order valence-electron chi connectivity index (χ2n) is 13.4. The molecule has 0 atom stereocenters. The van der Waals surface area contributed by atoms with Gasteiger partial charge in [-0.25, -0.2) is 9.97 Å². The van der Waals surface area contributed by atoms with Gasteiger partial charge in [-0.2, -0.15) is 0 Å². The minimum atomic E-state index is -0.0809. The van der Waals surface area contributed by atoms with Crippen LogP contribution in [-0.4, -0.2) is 97.3 Å². The van der Waals surface area contributed by atoms with Crippen molar-refractivity contribution in [1.29, 1.82) is 0 Å². The van der Waals surface area contributed by atoms with Crippen molar-refractivity contribution < 1.29 is 9.47 Å². The molecule has 1 N–H and O–H groups in total. The summed E-state index contributed by atoms with van der Waals surface area (Å²) in [7, 11) is 5.41. The maximum absolute atomic E-state index is 12.7. The fourth-order valence-corrected chi connectivity index (χ4v) is 6.83. The molecule has 2 aliphatic heterocycles. The highest BCUT2D eigenvalue weighted by Gasteiger charge is 2.15. The van der Waals surface area contributed by atoms with Crippen LogP contribution in [0.4, 0.5) is 11.4 Å². The lowest BCUT2D eigenvalue weighted by Gasteiger charge is -2.23. The van der Waals surface area contributed by atoms with Crippen molar-refractivity contribution in [2.24, 2.45) is 0 Å². The highest BCUT2D eigenvalue weighted by atomic mass is 16.5. The topological polar surface area (TPSA) is 109 Å². The Morgan fingerprint density at radius 1 is 0.585 bits per heavy atom. The number of nitrogens with one attached hydrogen (secondary N) is 1. The van der Waals surface area contributed by atoms with E-state index in [9.17, 15) is 9.59 Å². The van der Waals surface area contributed by atoms with Crippen LogP contribution in [0.3, 0.4) is 0 Å². The van der Waals surface area contributed by atoms with Gasteiger partial charge in [-0.15, -0.1) is 0 Å². The number of anilines is 2. The first-order chi connectivity index (χ1) is 25.9. The van der Waals surface area contributed by atoms with Crippen molar-refractivity contribution in [2.45, 2.75) is 12.8 Å². The van der Waals surface area contributed by atoms with Crippen LogP contribution < -0.4 is 35.7 Å². The van der Waals surface area contributed by atoms with Gasteiger partial charge in [0.05, 0.1) is 37.0 Å². The Bertz CT molecular complexity index is 2310. The molecule has 0 radical (unpaired) electrons. The van der Waals surface area contributed by atoms with E-state index in [1.165, 1.54) is 0 Å². The normalized spacial score (nSPS) is 15.4. The van der Waals surface area contributed by atoms with Crippen LogP contribution in [0.1, 0.15) is 12.8 Å². The number of pyridine rings is 2. The number of nitrogens with zero attached hydrogens (tertiary/aromatic N) is 7. The van der Waals surface area contributed by atoms with Crippen molar-refractivity contribution in [1.82, 2.24) is 29.0 Å². The minimum Gasteiger partial charge on any atom is -0.497 e. The predicted molar refractivity (Wildman–Crippen MR) is 211 cm³/mol. The Morgan fingerprint density at radius 3 is 1.70 bits per heavy atom. The third-order valence-corrected chi connectivity index (χ3v) is 9.81. The standard InChI is InChI=1S/C21H24N4O2.C20H22N4O2/c1-23-9-4-10-24(12-11-23)17-7-8-20-22-19(14-21(26)25(20)15-17)16-5-3-6-18(13-16)27-2;1-26-17-5-2-4-15(12-17)18-13-20(25)24-14-16(6-7-19(24)22-18)23-10-3-8-21-9-11-23/h3,5-8,13-15H,4,9-12H2,1-2H3;2,4-7,12-14,21H,3,8-11H2,1H3. The van der Waals surface area contributed by atoms with Crippen molar-refractivity contribution in [3.8, 4) is 34.0 Å². The summed E-state index contributed by atoms with van der Waals surface area (Å²) in [4.78, 5) is 41.8. The molecule has 0 unspecified atom stereocenters. The Labute approximate surface area is 308 Å². The molecule has 0 spiro atoms. The molecule has 12 nitrogen and oxygen atoms in total. The maximum atomic E-state index is 12.7. The van der Waals surface area contributed by atoms with Crippen LogP contribution in [0.2, 0.25) is 0 Å². The zero-order chi connectivity index (χ0) is 36.7. The number of hydrogen-bond donors (Lipinski definition) is 1. The average Bonchev–Trinajstić information content (AvgIpc) is 3.61. The number of benzene rings is 2. The summed E-state index contributed by atoms with van der Waals surface area (Å²) in [6.45, 7) is 8.02. The van der Waals surface area contributed by atoms with E-state index < -0.39 is 0 Å². The Morgan fingerprint density at radius 2 is 1.13 bits per heavy atom. The highest BCUT2D eigenvalue weighted by Crippen LogP contribution is 2.24. The second kappa shape index (κ2) is 16.3. The zero-order valence-corrected chi connectivity index (χ0v) is 30.6. The number of likely N-dealkylation sites (N-methyl/N-ethyl adjacent to an activating group) is 1. The number of ether oxygens (including phenoxy) is 2. The first kappa shape index (κ1) is 35.7. The van der Waals surface area contributed by atoms with Gasteiger partial charge in [0.2, 0.25) is 0 Å². The smallest absolute Gasteiger partial charge is 0.258 e. The van der Waals surface area contributed by atoms with Crippen LogP contribution in [0.15, 0.2) is 107 Å². The molecule has 274 valence electrons. The van der Waals surface area contributed by atoms with E-state index in [4.69, 9.17) is 9.47 Å². The van der Waals surface area contributed by atoms with Crippen LogP contribution >= 0.6 is 0 Å². The number of fused-ring (bicyclic) bond motifs is 2. The number of rotatable bonds is 6. The van der Waals surface area contributed by atoms with Crippen molar-refractivity contribution >= 4 is 22.7 Å². The number of methoxy groups -OCH3 is 2. The molecule has 2 aromatic carbocycles. The third-order valence-electron chi connectivity index (χ3n) is 9.81. The number of aromatic nitrogens is 4. The highest BCUT2D eigenvalue weighted by molar-refractivity contribution is 5.65. The zero-order valence-electron chi connectivity index (χ0n) is 30.6. The molecular weight excluding hydrogens is 669 g/mol. The van der Waals surface area contributed by atoms with E-state index in [1.807, 2.05) is 79.1 Å². The van der Waals surface area contributed by atoms with Gasteiger partial charge in [-0.1, -0.05) is 24.3 Å². The van der Waals surface area contributed by atoms with Crippen molar-refractivity contribution in [3.05, 3.63) is 118 Å². The minimum absolute atomic E-state index is 0.0772. The molecule has 8 rings (SSSR count). The van der Waals surface area contributed by atoms with E-state index >= 15 is 0 Å². The Balaban J connectivity index is 0.000000164. The molecule has 6 aromatic rings. The molecule has 12 heteroatoms. The van der Waals surface area contributed by atoms with Crippen LogP contribution in [0.5, 0.6) is 11.5 Å². The molecule has 4 aromatic heterocycles. The van der Waals surface area contributed by atoms with Gasteiger partial charge >= 0.3 is 0 Å². The molecule has 2 aliphatic rings. The third kappa shape index (κ3) is 8.34. The molecule has 0 aliphatic carbocycles. The average molecular weight is 715 g/mol. The van der Waals surface area contributed by atoms with E-state index in [1.54, 1.807) is 35.2 Å². The lowest BCUT2D eigenvalue weighted by atomic mass is 10.1. The van der Waals surface area contributed by atoms with E-state index in [0.29, 0.717) is 22.7 Å². The Kier molecular flexibility index (Phi) is 11.0. The first-order valence-corrected chi connectivity index (χ1v) is 18.1. The number of hydrogen-bond acceptors (Lipinski definition) is 10. The summed E-state index contributed by atoms with van der Waals surface area (Å²) in [6, 6.07) is 26.3. The second-order valence-corrected chi connectivity index (χ2v) is 13.4. The fraction of sp³-hybridized carbons (Fsp3) is 0.317. The van der Waals surface area contributed by atoms with Gasteiger partial charge in [0.15, 0.2) is 0 Å². The van der Waals surface area contributed by atoms with Gasteiger partial charge in [0.1, 0.15) is 22.8 Å². The summed E-state index contributed by atoms with van der Waals surface area (Å²) in [5, 5.41) is 3.40. The Hall–Kier alpha value is -5.72. The molecule has 53 heavy (non-hydrogen) atoms. The summed E-state index contributed by atoms with van der Waals surface area (Å²) >= 11 is 0. The van der Waals surface area contributed by atoms with Gasteiger partial charge < -0.3 is 29.5 Å². The summed E-state index contributed by atoms with van der Waals surface area (Å²) in [6.07, 6.45) is 6.02. The van der Waals surface area contributed by atoms with Crippen LogP contribution in [0.25, 0.3) is 33.8 Å². The molecule has 0 amide bonds. The SMILES string of the molecule is COc1cccc(-c2cc(=O)n3cc(N4CCCN(C)CC4)ccc3n2)c1.COc1cccc(-c2cc(=O)n3cc(N4CCCNCC4)ccc3n2)c1. The summed E-state index contributed by atoms with van der Waals surface area (Å²) in [5.74, 6) is 1.49. The maximum Gasteiger partial charge on any atom is 0.258 e. The van der Waals surface area contributed by atoms with Gasteiger partial charge in [0, 0.05) is 74.9 Å². The van der Waals surface area contributed by atoms with Crippen LogP contribution in [-0.2, 0) is 0 Å². The molecule has 0 saturated carbocycles. The van der Waals surface area contributed by atoms with E-state index in [2.05, 4.69) is 43.1 Å². The molecule has 6 heterocycles. The quantitative estimate of drug-likeness (QED) is 0.261. The summed E-state index contributed by atoms with van der Waals surface area (Å²) in [5.41, 5.74) is 6.30. The van der Waals surface area contributed by atoms with Crippen molar-refractivity contribution in [3.63, 3.8) is 0 Å². The van der Waals surface area contributed by atoms with E-state index in [0.717, 1.165) is 99.2 Å². The van der Waals surface area contributed by atoms with Gasteiger partial charge in [0.25, 0.3) is 11.1 Å². The lowest BCUT2D eigenvalue weighted by molar-refractivity contribution is 0.360. The van der Waals surface area contributed by atoms with Gasteiger partial charge in [-0.3, -0.25) is 18.4 Å². The monoisotopic (exact) mass is 714 g/mol. The first-order valence-electron chi connectivity index (χ1n) is 18.1. The molecule has 0 bridgehead atoms. The lowest BCUT2D eigenvalue weighted by Crippen LogP contribution is -2.29. The van der Waals surface area contributed by atoms with Crippen LogP contribution in [0, 0.1) is 0 Å². The molecule has 2 saturated heterocycles. The van der Waals surface area contributed by atoms with E-state index in [-0.39, 0.29) is 11.1 Å². The molecule has 2 fully saturated rings. The molecular formula is C41H46N8O4. The van der Waals surface area contributed by atoms with Crippen molar-refractivity contribution in [2.75, 3.05) is 83.4 Å². The largest absolute Gasteiger partial charge is 0.497 e. The summed E-state index contributed by atoms with van der Waals surface area (Å²) < 4.78 is 13.8. The van der Waals surface area contributed by atoms with Gasteiger partial charge in [-0.05, 0) is 81.5 Å².